The maximum Gasteiger partial charge on any atom is 0.420 e. The van der Waals surface area contributed by atoms with Crippen molar-refractivity contribution in [2.24, 2.45) is 0 Å². The van der Waals surface area contributed by atoms with Crippen molar-refractivity contribution in [3.05, 3.63) is 131 Å². The highest BCUT2D eigenvalue weighted by Crippen LogP contribution is 2.45. The number of aryl methyl sites for hydroxylation is 3. The summed E-state index contributed by atoms with van der Waals surface area (Å²) in [5.74, 6) is 0. The zero-order chi connectivity index (χ0) is 32.4. The summed E-state index contributed by atoms with van der Waals surface area (Å²) in [6.07, 6.45) is -4.74. The minimum absolute atomic E-state index is 0.0518. The lowest BCUT2D eigenvalue weighted by Gasteiger charge is -2.19. The standard InChI is InChI=1S/C41H26F3N3/c1-22-4-8-30-31-9-5-23(2)15-36(31)46(35(30)14-22)34-13-12-29-28-18-25(21-45)17-27(19-28)26-7-11-33-32-10-6-24(3)16-37(32)47(38(33)20-26)40(29)39(34)41(42,43)44/h4-20H,1-3H3. The smallest absolute Gasteiger partial charge is 0.309 e. The molecule has 0 aliphatic carbocycles. The van der Waals surface area contributed by atoms with E-state index in [0.29, 0.717) is 38.4 Å². The highest BCUT2D eigenvalue weighted by atomic mass is 19.4. The van der Waals surface area contributed by atoms with Gasteiger partial charge in [-0.15, -0.1) is 0 Å². The summed E-state index contributed by atoms with van der Waals surface area (Å²) in [6.45, 7) is 5.87. The van der Waals surface area contributed by atoms with Gasteiger partial charge in [0.25, 0.3) is 0 Å². The van der Waals surface area contributed by atoms with E-state index < -0.39 is 11.7 Å². The van der Waals surface area contributed by atoms with Gasteiger partial charge in [0.2, 0.25) is 0 Å². The molecule has 0 aliphatic rings. The molecule has 6 heteroatoms. The molecule has 6 aromatic carbocycles. The van der Waals surface area contributed by atoms with Crippen LogP contribution in [-0.4, -0.2) is 8.97 Å². The summed E-state index contributed by atoms with van der Waals surface area (Å²) in [7, 11) is 0. The fraction of sp³-hybridized carbons (Fsp3) is 0.0976. The van der Waals surface area contributed by atoms with Crippen molar-refractivity contribution in [3.63, 3.8) is 0 Å². The maximum atomic E-state index is 16.1. The predicted octanol–water partition coefficient (Wildman–Crippen LogP) is 11.5. The summed E-state index contributed by atoms with van der Waals surface area (Å²) in [4.78, 5) is 0. The molecule has 0 spiro atoms. The third kappa shape index (κ3) is 3.86. The molecule has 0 fully saturated rings. The molecular weight excluding hydrogens is 591 g/mol. The Morgan fingerprint density at radius 2 is 1.04 bits per heavy atom. The number of alkyl halides is 3. The molecule has 3 nitrogen and oxygen atoms in total. The van der Waals surface area contributed by atoms with Gasteiger partial charge in [0.1, 0.15) is 5.56 Å². The van der Waals surface area contributed by atoms with Crippen molar-refractivity contribution in [1.29, 1.82) is 5.26 Å². The number of fused-ring (bicyclic) bond motifs is 13. The number of nitrogens with zero attached hydrogens (tertiary/aromatic N) is 3. The van der Waals surface area contributed by atoms with E-state index in [1.54, 1.807) is 33.2 Å². The average Bonchev–Trinajstić information content (AvgIpc) is 3.53. The van der Waals surface area contributed by atoms with Gasteiger partial charge in [0.15, 0.2) is 0 Å². The molecule has 0 N–H and O–H groups in total. The van der Waals surface area contributed by atoms with E-state index in [2.05, 4.69) is 6.07 Å². The van der Waals surface area contributed by atoms with Crippen molar-refractivity contribution >= 4 is 70.7 Å². The Morgan fingerprint density at radius 3 is 1.64 bits per heavy atom. The first kappa shape index (κ1) is 27.5. The van der Waals surface area contributed by atoms with E-state index in [-0.39, 0.29) is 11.2 Å². The molecule has 0 unspecified atom stereocenters. The van der Waals surface area contributed by atoms with E-state index in [1.807, 2.05) is 99.6 Å². The number of benzene rings is 6. The molecule has 226 valence electrons. The van der Waals surface area contributed by atoms with Crippen LogP contribution in [-0.2, 0) is 6.18 Å². The van der Waals surface area contributed by atoms with Gasteiger partial charge < -0.3 is 8.97 Å². The number of aromatic nitrogens is 2. The monoisotopic (exact) mass is 617 g/mol. The van der Waals surface area contributed by atoms with Crippen LogP contribution in [0.2, 0.25) is 0 Å². The third-order valence-corrected chi connectivity index (χ3v) is 9.61. The maximum absolute atomic E-state index is 16.1. The molecule has 0 aliphatic heterocycles. The Bertz CT molecular complexity index is 2820. The van der Waals surface area contributed by atoms with Crippen LogP contribution < -0.4 is 0 Å². The molecule has 9 rings (SSSR count). The normalized spacial score (nSPS) is 12.4. The Morgan fingerprint density at radius 1 is 0.532 bits per heavy atom. The lowest BCUT2D eigenvalue weighted by Crippen LogP contribution is -2.13. The molecule has 47 heavy (non-hydrogen) atoms. The Labute approximate surface area is 267 Å². The van der Waals surface area contributed by atoms with Crippen LogP contribution in [0.5, 0.6) is 0 Å². The summed E-state index contributed by atoms with van der Waals surface area (Å²) in [5, 5.41) is 16.1. The molecular formula is C41H26F3N3. The van der Waals surface area contributed by atoms with Crippen molar-refractivity contribution in [1.82, 2.24) is 8.97 Å². The van der Waals surface area contributed by atoms with Gasteiger partial charge in [-0.25, -0.2) is 0 Å². The van der Waals surface area contributed by atoms with Gasteiger partial charge in [-0.1, -0.05) is 54.6 Å². The largest absolute Gasteiger partial charge is 0.420 e. The molecule has 4 bridgehead atoms. The van der Waals surface area contributed by atoms with Crippen molar-refractivity contribution in [3.8, 4) is 11.8 Å². The Hall–Kier alpha value is -5.80. The number of hydrogen-bond donors (Lipinski definition) is 0. The molecule has 0 atom stereocenters. The zero-order valence-corrected chi connectivity index (χ0v) is 25.8. The van der Waals surface area contributed by atoms with E-state index >= 15 is 13.2 Å². The molecule has 0 radical (unpaired) electrons. The molecule has 3 heterocycles. The highest BCUT2D eigenvalue weighted by Gasteiger charge is 2.38. The Balaban J connectivity index is 1.64. The number of halogens is 3. The van der Waals surface area contributed by atoms with E-state index in [9.17, 15) is 5.26 Å². The van der Waals surface area contributed by atoms with Crippen molar-refractivity contribution < 1.29 is 13.2 Å². The first-order valence-corrected chi connectivity index (χ1v) is 15.5. The quantitative estimate of drug-likeness (QED) is 0.180. The van der Waals surface area contributed by atoms with Gasteiger partial charge in [-0.2, -0.15) is 18.4 Å². The van der Waals surface area contributed by atoms with Gasteiger partial charge in [-0.3, -0.25) is 0 Å². The summed E-state index contributed by atoms with van der Waals surface area (Å²) >= 11 is 0. The lowest BCUT2D eigenvalue weighted by atomic mass is 10.0. The second-order valence-corrected chi connectivity index (χ2v) is 12.7. The number of rotatable bonds is 1. The van der Waals surface area contributed by atoms with E-state index in [4.69, 9.17) is 0 Å². The first-order chi connectivity index (χ1) is 22.6. The lowest BCUT2D eigenvalue weighted by molar-refractivity contribution is -0.136. The minimum Gasteiger partial charge on any atom is -0.309 e. The average molecular weight is 618 g/mol. The van der Waals surface area contributed by atoms with Crippen molar-refractivity contribution in [2.45, 2.75) is 26.9 Å². The first-order valence-electron chi connectivity index (χ1n) is 15.5. The van der Waals surface area contributed by atoms with Gasteiger partial charge in [0.05, 0.1) is 44.9 Å². The van der Waals surface area contributed by atoms with Crippen LogP contribution in [0.3, 0.4) is 0 Å². The van der Waals surface area contributed by atoms with Crippen LogP contribution in [0.25, 0.3) is 76.4 Å². The fourth-order valence-electron chi connectivity index (χ4n) is 7.57. The summed E-state index contributed by atoms with van der Waals surface area (Å²) in [6, 6.07) is 34.8. The minimum atomic E-state index is -4.74. The zero-order valence-electron chi connectivity index (χ0n) is 25.8. The second kappa shape index (κ2) is 9.37. The van der Waals surface area contributed by atoms with E-state index in [1.165, 1.54) is 0 Å². The molecule has 0 saturated heterocycles. The van der Waals surface area contributed by atoms with Crippen LogP contribution in [0.4, 0.5) is 13.2 Å². The van der Waals surface area contributed by atoms with Crippen LogP contribution in [0.15, 0.2) is 103 Å². The predicted molar refractivity (Wildman–Crippen MR) is 186 cm³/mol. The Kier molecular flexibility index (Phi) is 5.48. The number of nitriles is 1. The fourth-order valence-corrected chi connectivity index (χ4v) is 7.57. The molecule has 0 amide bonds. The SMILES string of the molecule is Cc1ccc2c3ccc(C)cc3n(-c3ccc4c5cc(C#N)cc(c5)c5ccc6c7ccc(C)cc7n(c6c5)c4c3C(F)(F)F)c2c1. The summed E-state index contributed by atoms with van der Waals surface area (Å²) in [5.41, 5.74) is 5.45. The summed E-state index contributed by atoms with van der Waals surface area (Å²) < 4.78 is 51.9. The second-order valence-electron chi connectivity index (χ2n) is 12.7. The van der Waals surface area contributed by atoms with Crippen LogP contribution >= 0.6 is 0 Å². The van der Waals surface area contributed by atoms with Gasteiger partial charge >= 0.3 is 6.18 Å². The van der Waals surface area contributed by atoms with E-state index in [0.717, 1.165) is 49.0 Å². The van der Waals surface area contributed by atoms with Gasteiger partial charge in [-0.05, 0) is 102 Å². The van der Waals surface area contributed by atoms with Crippen molar-refractivity contribution in [2.75, 3.05) is 0 Å². The topological polar surface area (TPSA) is 33.1 Å². The third-order valence-electron chi connectivity index (χ3n) is 9.61. The highest BCUT2D eigenvalue weighted by molar-refractivity contribution is 6.15. The number of hydrogen-bond acceptors (Lipinski definition) is 1. The van der Waals surface area contributed by atoms with Gasteiger partial charge in [0, 0.05) is 26.9 Å². The molecule has 0 saturated carbocycles. The van der Waals surface area contributed by atoms with Crippen LogP contribution in [0.1, 0.15) is 27.8 Å². The molecule has 9 aromatic rings. The van der Waals surface area contributed by atoms with Crippen LogP contribution in [0, 0.1) is 32.1 Å². The molecule has 3 aromatic heterocycles.